The number of esters is 1. The molecule has 0 unspecified atom stereocenters. The number of aryl methyl sites for hydroxylation is 4. The average molecular weight is 434 g/mol. The number of benzene rings is 2. The lowest BCUT2D eigenvalue weighted by Crippen LogP contribution is -2.21. The first-order valence-corrected chi connectivity index (χ1v) is 10.7. The molecule has 0 fully saturated rings. The molecule has 4 aromatic rings. The van der Waals surface area contributed by atoms with E-state index in [9.17, 15) is 9.59 Å². The first-order chi connectivity index (χ1) is 14.8. The topological polar surface area (TPSA) is 73.2 Å². The smallest absolute Gasteiger partial charge is 0.348 e. The summed E-state index contributed by atoms with van der Waals surface area (Å²) in [6, 6.07) is 15.5. The summed E-state index contributed by atoms with van der Waals surface area (Å²) in [5, 5.41) is 8.32. The normalized spacial score (nSPS) is 11.0. The van der Waals surface area contributed by atoms with E-state index in [2.05, 4.69) is 10.4 Å². The average Bonchev–Trinajstić information content (AvgIpc) is 3.30. The number of thiophene rings is 1. The monoisotopic (exact) mass is 433 g/mol. The molecule has 2 heterocycles. The third kappa shape index (κ3) is 4.22. The molecular formula is C24H23N3O3S. The molecule has 158 valence electrons. The van der Waals surface area contributed by atoms with Crippen molar-refractivity contribution in [3.63, 3.8) is 0 Å². The summed E-state index contributed by atoms with van der Waals surface area (Å²) in [5.41, 5.74) is 5.59. The molecule has 0 aliphatic carbocycles. The highest BCUT2D eigenvalue weighted by Gasteiger charge is 2.19. The molecule has 0 aliphatic rings. The molecule has 0 atom stereocenters. The van der Waals surface area contributed by atoms with E-state index in [1.165, 1.54) is 11.3 Å². The highest BCUT2D eigenvalue weighted by molar-refractivity contribution is 7.20. The molecule has 2 aromatic heterocycles. The predicted octanol–water partition coefficient (Wildman–Crippen LogP) is 5.12. The Bertz CT molecular complexity index is 1270. The fraction of sp³-hybridized carbons (Fsp3) is 0.208. The van der Waals surface area contributed by atoms with Gasteiger partial charge in [-0.25, -0.2) is 9.48 Å². The van der Waals surface area contributed by atoms with Gasteiger partial charge in [-0.3, -0.25) is 4.79 Å². The van der Waals surface area contributed by atoms with Crippen LogP contribution < -0.4 is 5.32 Å². The Kier molecular flexibility index (Phi) is 5.61. The highest BCUT2D eigenvalue weighted by Crippen LogP contribution is 2.30. The van der Waals surface area contributed by atoms with Gasteiger partial charge in [0.05, 0.1) is 11.4 Å². The molecule has 0 spiro atoms. The third-order valence-corrected chi connectivity index (χ3v) is 6.11. The molecule has 4 rings (SSSR count). The van der Waals surface area contributed by atoms with Crippen LogP contribution in [0.4, 0.5) is 5.69 Å². The number of para-hydroxylation sites is 1. The van der Waals surface area contributed by atoms with Crippen molar-refractivity contribution in [2.45, 2.75) is 27.7 Å². The van der Waals surface area contributed by atoms with Crippen molar-refractivity contribution in [3.05, 3.63) is 75.8 Å². The Morgan fingerprint density at radius 3 is 2.39 bits per heavy atom. The van der Waals surface area contributed by atoms with Gasteiger partial charge in [0.15, 0.2) is 6.61 Å². The molecule has 31 heavy (non-hydrogen) atoms. The number of hydrogen-bond donors (Lipinski definition) is 1. The largest absolute Gasteiger partial charge is 0.451 e. The molecular weight excluding hydrogens is 410 g/mol. The SMILES string of the molecule is Cc1cc(C)c(NC(=O)COC(=O)c2cc3c(C)nn(-c4ccccc4)c3s2)c(C)c1. The van der Waals surface area contributed by atoms with E-state index in [0.29, 0.717) is 4.88 Å². The Morgan fingerprint density at radius 2 is 1.71 bits per heavy atom. The summed E-state index contributed by atoms with van der Waals surface area (Å²) in [4.78, 5) is 26.2. The van der Waals surface area contributed by atoms with Crippen LogP contribution >= 0.6 is 11.3 Å². The second kappa shape index (κ2) is 8.35. The summed E-state index contributed by atoms with van der Waals surface area (Å²) < 4.78 is 7.10. The van der Waals surface area contributed by atoms with E-state index in [0.717, 1.165) is 44.0 Å². The van der Waals surface area contributed by atoms with Crippen LogP contribution in [-0.2, 0) is 9.53 Å². The highest BCUT2D eigenvalue weighted by atomic mass is 32.1. The summed E-state index contributed by atoms with van der Waals surface area (Å²) in [5.74, 6) is -0.885. The number of amides is 1. The van der Waals surface area contributed by atoms with Crippen molar-refractivity contribution in [1.29, 1.82) is 0 Å². The van der Waals surface area contributed by atoms with E-state index in [1.54, 1.807) is 6.07 Å². The Hall–Kier alpha value is -3.45. The van der Waals surface area contributed by atoms with Crippen LogP contribution in [0.3, 0.4) is 0 Å². The van der Waals surface area contributed by atoms with Crippen molar-refractivity contribution in [2.24, 2.45) is 0 Å². The van der Waals surface area contributed by atoms with Crippen LogP contribution in [0.25, 0.3) is 15.9 Å². The maximum atomic E-state index is 12.6. The molecule has 0 saturated carbocycles. The first-order valence-electron chi connectivity index (χ1n) is 9.93. The minimum Gasteiger partial charge on any atom is -0.451 e. The van der Waals surface area contributed by atoms with Crippen LogP contribution in [-0.4, -0.2) is 28.3 Å². The van der Waals surface area contributed by atoms with Gasteiger partial charge < -0.3 is 10.1 Å². The van der Waals surface area contributed by atoms with Gasteiger partial charge in [-0.05, 0) is 57.0 Å². The Labute approximate surface area is 184 Å². The van der Waals surface area contributed by atoms with E-state index in [4.69, 9.17) is 4.74 Å². The molecule has 0 aliphatic heterocycles. The minimum atomic E-state index is -0.521. The van der Waals surface area contributed by atoms with E-state index < -0.39 is 5.97 Å². The summed E-state index contributed by atoms with van der Waals surface area (Å²) >= 11 is 1.30. The molecule has 1 N–H and O–H groups in total. The van der Waals surface area contributed by atoms with Gasteiger partial charge in [0.25, 0.3) is 5.91 Å². The Morgan fingerprint density at radius 1 is 1.03 bits per heavy atom. The van der Waals surface area contributed by atoms with Crippen LogP contribution in [0.5, 0.6) is 0 Å². The van der Waals surface area contributed by atoms with Gasteiger partial charge in [-0.1, -0.05) is 35.9 Å². The number of rotatable bonds is 5. The second-order valence-corrected chi connectivity index (χ2v) is 8.59. The number of aromatic nitrogens is 2. The molecule has 7 heteroatoms. The zero-order valence-electron chi connectivity index (χ0n) is 17.9. The van der Waals surface area contributed by atoms with Crippen molar-refractivity contribution in [2.75, 3.05) is 11.9 Å². The molecule has 0 radical (unpaired) electrons. The quantitative estimate of drug-likeness (QED) is 0.444. The predicted molar refractivity (Wildman–Crippen MR) is 123 cm³/mol. The zero-order chi connectivity index (χ0) is 22.1. The Balaban J connectivity index is 1.47. The van der Waals surface area contributed by atoms with Gasteiger partial charge in [-0.15, -0.1) is 11.3 Å². The van der Waals surface area contributed by atoms with Crippen LogP contribution in [0.15, 0.2) is 48.5 Å². The van der Waals surface area contributed by atoms with Crippen LogP contribution in [0.1, 0.15) is 32.1 Å². The summed E-state index contributed by atoms with van der Waals surface area (Å²) in [7, 11) is 0. The molecule has 6 nitrogen and oxygen atoms in total. The lowest BCUT2D eigenvalue weighted by atomic mass is 10.1. The van der Waals surface area contributed by atoms with Crippen molar-refractivity contribution in [1.82, 2.24) is 9.78 Å². The number of fused-ring (bicyclic) bond motifs is 1. The lowest BCUT2D eigenvalue weighted by Gasteiger charge is -2.12. The van der Waals surface area contributed by atoms with Crippen LogP contribution in [0, 0.1) is 27.7 Å². The summed E-state index contributed by atoms with van der Waals surface area (Å²) in [6.07, 6.45) is 0. The van der Waals surface area contributed by atoms with Gasteiger partial charge in [-0.2, -0.15) is 5.10 Å². The second-order valence-electron chi connectivity index (χ2n) is 7.56. The van der Waals surface area contributed by atoms with Gasteiger partial charge in [0.2, 0.25) is 0 Å². The maximum Gasteiger partial charge on any atom is 0.348 e. The number of anilines is 1. The van der Waals surface area contributed by atoms with Crippen LogP contribution in [0.2, 0.25) is 0 Å². The fourth-order valence-corrected chi connectivity index (χ4v) is 4.72. The number of nitrogens with one attached hydrogen (secondary N) is 1. The lowest BCUT2D eigenvalue weighted by molar-refractivity contribution is -0.119. The van der Waals surface area contributed by atoms with Crippen molar-refractivity contribution in [3.8, 4) is 5.69 Å². The molecule has 1 amide bonds. The number of nitrogens with zero attached hydrogens (tertiary/aromatic N) is 2. The fourth-order valence-electron chi connectivity index (χ4n) is 3.65. The van der Waals surface area contributed by atoms with E-state index >= 15 is 0 Å². The number of carbonyl (C=O) groups excluding carboxylic acids is 2. The van der Waals surface area contributed by atoms with Gasteiger partial charge in [0, 0.05) is 11.1 Å². The number of carbonyl (C=O) groups is 2. The number of ether oxygens (including phenoxy) is 1. The van der Waals surface area contributed by atoms with E-state index in [-0.39, 0.29) is 12.5 Å². The van der Waals surface area contributed by atoms with Crippen molar-refractivity contribution >= 4 is 39.1 Å². The van der Waals surface area contributed by atoms with Gasteiger partial charge in [0.1, 0.15) is 9.71 Å². The van der Waals surface area contributed by atoms with E-state index in [1.807, 2.05) is 74.8 Å². The molecule has 0 saturated heterocycles. The number of hydrogen-bond acceptors (Lipinski definition) is 5. The zero-order valence-corrected chi connectivity index (χ0v) is 18.7. The summed E-state index contributed by atoms with van der Waals surface area (Å²) in [6.45, 7) is 7.46. The maximum absolute atomic E-state index is 12.6. The van der Waals surface area contributed by atoms with Crippen molar-refractivity contribution < 1.29 is 14.3 Å². The molecule has 0 bridgehead atoms. The molecule has 2 aromatic carbocycles. The first kappa shape index (κ1) is 20.8. The standard InChI is InChI=1S/C24H23N3O3S/c1-14-10-15(2)22(16(3)11-14)25-21(28)13-30-24(29)20-12-19-17(4)26-27(23(19)31-20)18-8-6-5-7-9-18/h5-12H,13H2,1-4H3,(H,25,28). The third-order valence-electron chi connectivity index (χ3n) is 5.02. The minimum absolute atomic E-state index is 0.344. The van der Waals surface area contributed by atoms with Gasteiger partial charge >= 0.3 is 5.97 Å².